The van der Waals surface area contributed by atoms with Crippen LogP contribution in [0.4, 0.5) is 5.69 Å². The largest absolute Gasteiger partial charge is 0.497 e. The fraction of sp³-hybridized carbons (Fsp3) is 0.471. The second-order valence-corrected chi connectivity index (χ2v) is 6.68. The van der Waals surface area contributed by atoms with Gasteiger partial charge in [0.25, 0.3) is 5.91 Å². The van der Waals surface area contributed by atoms with E-state index in [1.54, 1.807) is 7.11 Å². The number of carbonyl (C=O) groups excluding carboxylic acids is 1. The molecule has 2 aromatic rings. The maximum atomic E-state index is 12.6. The lowest BCUT2D eigenvalue weighted by molar-refractivity contribution is 0.100. The van der Waals surface area contributed by atoms with Crippen LogP contribution in [0.25, 0.3) is 0 Å². The van der Waals surface area contributed by atoms with Crippen molar-refractivity contribution in [2.75, 3.05) is 32.6 Å². The van der Waals surface area contributed by atoms with Gasteiger partial charge in [0.2, 0.25) is 5.82 Å². The zero-order valence-corrected chi connectivity index (χ0v) is 13.9. The number of nitrogens with one attached hydrogen (secondary N) is 1. The fourth-order valence-electron chi connectivity index (χ4n) is 3.79. The molecule has 1 fully saturated rings. The van der Waals surface area contributed by atoms with Gasteiger partial charge in [-0.25, -0.2) is 0 Å². The van der Waals surface area contributed by atoms with Crippen molar-refractivity contribution >= 4 is 11.6 Å². The van der Waals surface area contributed by atoms with Gasteiger partial charge in [0, 0.05) is 31.7 Å². The van der Waals surface area contributed by atoms with Gasteiger partial charge in [-0.05, 0) is 43.1 Å². The Morgan fingerprint density at radius 3 is 2.67 bits per heavy atom. The minimum Gasteiger partial charge on any atom is -0.497 e. The van der Waals surface area contributed by atoms with Crippen molar-refractivity contribution in [2.24, 2.45) is 11.8 Å². The lowest BCUT2D eigenvalue weighted by atomic mass is 9.89. The summed E-state index contributed by atoms with van der Waals surface area (Å²) in [7, 11) is 3.76. The third-order valence-electron chi connectivity index (χ3n) is 5.00. The number of fused-ring (bicyclic) bond motifs is 2. The number of ether oxygens (including phenoxy) is 1. The van der Waals surface area contributed by atoms with Crippen molar-refractivity contribution in [3.63, 3.8) is 0 Å². The van der Waals surface area contributed by atoms with Gasteiger partial charge in [-0.2, -0.15) is 0 Å². The monoisotopic (exact) mass is 327 g/mol. The zero-order chi connectivity index (χ0) is 16.7. The molecule has 0 unspecified atom stereocenters. The molecule has 0 saturated carbocycles. The van der Waals surface area contributed by atoms with Crippen molar-refractivity contribution in [3.05, 3.63) is 35.9 Å². The number of anilines is 1. The SMILES string of the molecule is COc1ccc(NC(=O)c2nnc3n2C[C@H]2CN(C)C[C@H]2C3)cc1. The summed E-state index contributed by atoms with van der Waals surface area (Å²) in [6, 6.07) is 7.25. The molecule has 24 heavy (non-hydrogen) atoms. The fourth-order valence-corrected chi connectivity index (χ4v) is 3.79. The Morgan fingerprint density at radius 2 is 1.92 bits per heavy atom. The molecule has 1 amide bonds. The summed E-state index contributed by atoms with van der Waals surface area (Å²) >= 11 is 0. The summed E-state index contributed by atoms with van der Waals surface area (Å²) in [6.07, 6.45) is 0.901. The number of likely N-dealkylation sites (tertiary alicyclic amines) is 1. The number of carbonyl (C=O) groups is 1. The highest BCUT2D eigenvalue weighted by Crippen LogP contribution is 2.31. The summed E-state index contributed by atoms with van der Waals surface area (Å²) < 4.78 is 7.11. The van der Waals surface area contributed by atoms with Crippen molar-refractivity contribution < 1.29 is 9.53 Å². The molecule has 2 atom stereocenters. The van der Waals surface area contributed by atoms with Crippen LogP contribution < -0.4 is 10.1 Å². The van der Waals surface area contributed by atoms with Gasteiger partial charge in [-0.3, -0.25) is 4.79 Å². The molecule has 7 nitrogen and oxygen atoms in total. The first-order valence-electron chi connectivity index (χ1n) is 8.20. The Labute approximate surface area is 140 Å². The van der Waals surface area contributed by atoms with Crippen LogP contribution in [0.15, 0.2) is 24.3 Å². The van der Waals surface area contributed by atoms with E-state index in [1.807, 2.05) is 28.8 Å². The quantitative estimate of drug-likeness (QED) is 0.919. The lowest BCUT2D eigenvalue weighted by Gasteiger charge is -2.25. The normalized spacial score (nSPS) is 22.8. The highest BCUT2D eigenvalue weighted by molar-refractivity contribution is 6.01. The average molecular weight is 327 g/mol. The third-order valence-corrected chi connectivity index (χ3v) is 5.00. The van der Waals surface area contributed by atoms with Crippen molar-refractivity contribution in [2.45, 2.75) is 13.0 Å². The number of amides is 1. The van der Waals surface area contributed by atoms with Crippen LogP contribution in [0.3, 0.4) is 0 Å². The number of hydrogen-bond donors (Lipinski definition) is 1. The molecular weight excluding hydrogens is 306 g/mol. The molecular formula is C17H21N5O2. The molecule has 0 spiro atoms. The van der Waals surface area contributed by atoms with E-state index in [0.717, 1.165) is 37.6 Å². The van der Waals surface area contributed by atoms with Crippen LogP contribution in [-0.4, -0.2) is 52.8 Å². The van der Waals surface area contributed by atoms with E-state index in [1.165, 1.54) is 0 Å². The molecule has 2 aliphatic rings. The molecule has 1 aromatic carbocycles. The zero-order valence-electron chi connectivity index (χ0n) is 13.9. The molecule has 3 heterocycles. The third kappa shape index (κ3) is 2.65. The Morgan fingerprint density at radius 1 is 1.17 bits per heavy atom. The van der Waals surface area contributed by atoms with E-state index < -0.39 is 0 Å². The van der Waals surface area contributed by atoms with E-state index in [2.05, 4.69) is 27.5 Å². The number of nitrogens with zero attached hydrogens (tertiary/aromatic N) is 4. The predicted octanol–water partition coefficient (Wildman–Crippen LogP) is 1.27. The van der Waals surface area contributed by atoms with Gasteiger partial charge < -0.3 is 19.5 Å². The van der Waals surface area contributed by atoms with Gasteiger partial charge in [-0.1, -0.05) is 0 Å². The first-order chi connectivity index (χ1) is 11.6. The number of hydrogen-bond acceptors (Lipinski definition) is 5. The van der Waals surface area contributed by atoms with Gasteiger partial charge in [0.1, 0.15) is 11.6 Å². The highest BCUT2D eigenvalue weighted by Gasteiger charge is 2.37. The summed E-state index contributed by atoms with van der Waals surface area (Å²) in [5.74, 6) is 3.06. The average Bonchev–Trinajstić information content (AvgIpc) is 3.14. The van der Waals surface area contributed by atoms with Gasteiger partial charge in [-0.15, -0.1) is 10.2 Å². The molecule has 1 aromatic heterocycles. The standard InChI is InChI=1S/C17H21N5O2/c1-21-8-11-7-15-19-20-16(22(15)10-12(11)9-21)17(23)18-13-3-5-14(24-2)6-4-13/h3-6,11-12H,7-10H2,1-2H3,(H,18,23)/t11-,12-/m1/s1. The maximum absolute atomic E-state index is 12.6. The van der Waals surface area contributed by atoms with Crippen LogP contribution in [0.2, 0.25) is 0 Å². The lowest BCUT2D eigenvalue weighted by Crippen LogP contribution is -2.31. The summed E-state index contributed by atoms with van der Waals surface area (Å²) in [5.41, 5.74) is 0.715. The van der Waals surface area contributed by atoms with Crippen LogP contribution in [0.1, 0.15) is 16.4 Å². The number of benzene rings is 1. The van der Waals surface area contributed by atoms with Crippen molar-refractivity contribution in [1.82, 2.24) is 19.7 Å². The van der Waals surface area contributed by atoms with E-state index in [4.69, 9.17) is 4.74 Å². The summed E-state index contributed by atoms with van der Waals surface area (Å²) in [6.45, 7) is 3.00. The van der Waals surface area contributed by atoms with Crippen LogP contribution in [0.5, 0.6) is 5.75 Å². The number of rotatable bonds is 3. The Kier molecular flexibility index (Phi) is 3.72. The summed E-state index contributed by atoms with van der Waals surface area (Å²) in [5, 5.41) is 11.3. The second-order valence-electron chi connectivity index (χ2n) is 6.68. The molecule has 0 bridgehead atoms. The molecule has 2 aliphatic heterocycles. The molecule has 1 saturated heterocycles. The Hall–Kier alpha value is -2.41. The van der Waals surface area contributed by atoms with Gasteiger partial charge >= 0.3 is 0 Å². The number of aromatic nitrogens is 3. The number of methoxy groups -OCH3 is 1. The second kappa shape index (κ2) is 5.90. The molecule has 4 rings (SSSR count). The Bertz CT molecular complexity index is 755. The minimum atomic E-state index is -0.219. The maximum Gasteiger partial charge on any atom is 0.293 e. The molecule has 0 aliphatic carbocycles. The summed E-state index contributed by atoms with van der Waals surface area (Å²) in [4.78, 5) is 14.9. The molecule has 1 N–H and O–H groups in total. The van der Waals surface area contributed by atoms with Gasteiger partial charge in [0.05, 0.1) is 7.11 Å². The first kappa shape index (κ1) is 15.1. The van der Waals surface area contributed by atoms with Crippen LogP contribution in [-0.2, 0) is 13.0 Å². The van der Waals surface area contributed by atoms with Crippen molar-refractivity contribution in [3.8, 4) is 5.75 Å². The van der Waals surface area contributed by atoms with E-state index in [-0.39, 0.29) is 5.91 Å². The van der Waals surface area contributed by atoms with Crippen LogP contribution in [0, 0.1) is 11.8 Å². The minimum absolute atomic E-state index is 0.219. The highest BCUT2D eigenvalue weighted by atomic mass is 16.5. The van der Waals surface area contributed by atoms with E-state index >= 15 is 0 Å². The first-order valence-corrected chi connectivity index (χ1v) is 8.20. The topological polar surface area (TPSA) is 72.3 Å². The molecule has 7 heteroatoms. The van der Waals surface area contributed by atoms with Gasteiger partial charge in [0.15, 0.2) is 0 Å². The van der Waals surface area contributed by atoms with Crippen molar-refractivity contribution in [1.29, 1.82) is 0 Å². The van der Waals surface area contributed by atoms with E-state index in [9.17, 15) is 4.79 Å². The molecule has 126 valence electrons. The predicted molar refractivity (Wildman–Crippen MR) is 89.2 cm³/mol. The van der Waals surface area contributed by atoms with Crippen LogP contribution >= 0.6 is 0 Å². The molecule has 0 radical (unpaired) electrons. The van der Waals surface area contributed by atoms with E-state index in [0.29, 0.717) is 23.3 Å². The smallest absolute Gasteiger partial charge is 0.293 e. The Balaban J connectivity index is 1.52.